The molecule has 1 aromatic carbocycles. The molecule has 0 heterocycles. The Balaban J connectivity index is 3.88. The van der Waals surface area contributed by atoms with Crippen molar-refractivity contribution in [1.82, 2.24) is 0 Å². The molecule has 0 aliphatic rings. The molecule has 1 aromatic rings. The third-order valence-electron chi connectivity index (χ3n) is 3.92. The molecule has 0 saturated carbocycles. The van der Waals surface area contributed by atoms with Gasteiger partial charge in [0.2, 0.25) is 0 Å². The van der Waals surface area contributed by atoms with E-state index in [1.807, 2.05) is 0 Å². The van der Waals surface area contributed by atoms with Crippen LogP contribution in [0.2, 0.25) is 0 Å². The highest BCUT2D eigenvalue weighted by molar-refractivity contribution is 5.43. The first kappa shape index (κ1) is 26.2. The van der Waals surface area contributed by atoms with Gasteiger partial charge in [0.25, 0.3) is 0 Å². The molecule has 1 nitrogen and oxygen atoms in total. The van der Waals surface area contributed by atoms with Crippen molar-refractivity contribution >= 4 is 0 Å². The molecule has 0 fully saturated rings. The second-order valence-electron chi connectivity index (χ2n) is 5.93. The van der Waals surface area contributed by atoms with E-state index >= 15 is 0 Å². The zero-order valence-electron chi connectivity index (χ0n) is 14.1. The summed E-state index contributed by atoms with van der Waals surface area (Å²) in [6.07, 6.45) is -16.4. The Bertz CT molecular complexity index is 690. The zero-order valence-corrected chi connectivity index (χ0v) is 14.1. The van der Waals surface area contributed by atoms with Crippen LogP contribution in [0.15, 0.2) is 18.2 Å². The van der Waals surface area contributed by atoms with Crippen LogP contribution < -0.4 is 0 Å². The van der Waals surface area contributed by atoms with Gasteiger partial charge in [0, 0.05) is 11.1 Å². The highest BCUT2D eigenvalue weighted by Crippen LogP contribution is 2.56. The first-order valence-electron chi connectivity index (χ1n) is 7.53. The summed E-state index contributed by atoms with van der Waals surface area (Å²) in [5.74, 6) is -26.5. The molecule has 0 aromatic heterocycles. The summed E-state index contributed by atoms with van der Waals surface area (Å²) in [6, 6.07) is -0.623. The minimum absolute atomic E-state index is 0.105. The Morgan fingerprint density at radius 2 is 0.933 bits per heavy atom. The first-order valence-corrected chi connectivity index (χ1v) is 7.53. The van der Waals surface area contributed by atoms with E-state index in [0.29, 0.717) is 0 Å². The van der Waals surface area contributed by atoms with Gasteiger partial charge in [0.1, 0.15) is 0 Å². The van der Waals surface area contributed by atoms with Crippen molar-refractivity contribution in [2.45, 2.75) is 48.9 Å². The summed E-state index contributed by atoms with van der Waals surface area (Å²) in [4.78, 5) is 0. The van der Waals surface area contributed by atoms with E-state index in [-0.39, 0.29) is 18.2 Å². The van der Waals surface area contributed by atoms with E-state index in [4.69, 9.17) is 0 Å². The van der Waals surface area contributed by atoms with E-state index in [9.17, 15) is 66.6 Å². The normalized spacial score (nSPS) is 14.9. The average Bonchev–Trinajstić information content (AvgIpc) is 2.57. The van der Waals surface area contributed by atoms with Crippen LogP contribution >= 0.6 is 0 Å². The average molecular weight is 471 g/mol. The first-order chi connectivity index (χ1) is 13.2. The predicted molar refractivity (Wildman–Crippen MR) is 70.1 cm³/mol. The van der Waals surface area contributed by atoms with E-state index < -0.39 is 72.2 Å². The van der Waals surface area contributed by atoms with Crippen LogP contribution in [-0.4, -0.2) is 30.8 Å². The maximum atomic E-state index is 14.0. The van der Waals surface area contributed by atoms with Crippen molar-refractivity contribution in [1.29, 1.82) is 0 Å². The zero-order chi connectivity index (χ0) is 24.0. The molecule has 0 amide bonds. The fourth-order valence-corrected chi connectivity index (χ4v) is 2.39. The summed E-state index contributed by atoms with van der Waals surface area (Å²) in [6.45, 7) is -1.32. The maximum Gasteiger partial charge on any atom is 0.460 e. The van der Waals surface area contributed by atoms with Gasteiger partial charge in [-0.3, -0.25) is 0 Å². The lowest BCUT2D eigenvalue weighted by Gasteiger charge is -2.33. The molecule has 0 aliphatic heterocycles. The number of hydrogen-bond donors (Lipinski definition) is 0. The van der Waals surface area contributed by atoms with Gasteiger partial charge in [-0.1, -0.05) is 18.2 Å². The van der Waals surface area contributed by atoms with Gasteiger partial charge in [-0.05, 0) is 18.4 Å². The largest absolute Gasteiger partial charge is 0.460 e. The van der Waals surface area contributed by atoms with Crippen molar-refractivity contribution in [2.24, 2.45) is 0 Å². The van der Waals surface area contributed by atoms with Gasteiger partial charge < -0.3 is 0 Å². The van der Waals surface area contributed by atoms with Gasteiger partial charge in [-0.25, -0.2) is 5.11 Å². The SMILES string of the molecule is [O]CCCc1c(C(F)(F)C(F)(F)C(F)(F)F)cccc1C(F)(F)C(F)(F)C(F)(F)F. The Kier molecular flexibility index (Phi) is 6.75. The van der Waals surface area contributed by atoms with Crippen molar-refractivity contribution in [3.05, 3.63) is 34.9 Å². The predicted octanol–water partition coefficient (Wildman–Crippen LogP) is 6.63. The van der Waals surface area contributed by atoms with Gasteiger partial charge >= 0.3 is 36.0 Å². The molecule has 0 aliphatic carbocycles. The number of benzene rings is 1. The highest BCUT2D eigenvalue weighted by atomic mass is 19.4. The van der Waals surface area contributed by atoms with Gasteiger partial charge in [0.05, 0.1) is 6.61 Å². The highest BCUT2D eigenvalue weighted by Gasteiger charge is 2.76. The standard InChI is InChI=1S/C15H9F14O/c16-10(17,12(20,21)14(24,25)26)8-4-1-5-9(7(8)3-2-6-30)11(18,19)13(22,23)15(27,28)29/h1,4-5H,2-3,6H2. The van der Waals surface area contributed by atoms with Crippen LogP contribution in [0.1, 0.15) is 23.1 Å². The molecule has 0 N–H and O–H groups in total. The van der Waals surface area contributed by atoms with Gasteiger partial charge in [0.15, 0.2) is 0 Å². The minimum Gasteiger partial charge on any atom is -0.237 e. The Morgan fingerprint density at radius 3 is 1.20 bits per heavy atom. The van der Waals surface area contributed by atoms with Crippen LogP contribution in [0.5, 0.6) is 0 Å². The van der Waals surface area contributed by atoms with Crippen LogP contribution in [-0.2, 0) is 23.4 Å². The van der Waals surface area contributed by atoms with E-state index in [1.165, 1.54) is 0 Å². The molecule has 30 heavy (non-hydrogen) atoms. The Hall–Kier alpha value is -1.80. The quantitative estimate of drug-likeness (QED) is 0.398. The summed E-state index contributed by atoms with van der Waals surface area (Å²) in [7, 11) is 0. The lowest BCUT2D eigenvalue weighted by Crippen LogP contribution is -2.52. The molecule has 0 spiro atoms. The van der Waals surface area contributed by atoms with Gasteiger partial charge in [-0.2, -0.15) is 61.5 Å². The summed E-state index contributed by atoms with van der Waals surface area (Å²) in [5.41, 5.74) is -7.17. The van der Waals surface area contributed by atoms with Crippen LogP contribution in [0, 0.1) is 0 Å². The molecule has 1 rings (SSSR count). The van der Waals surface area contributed by atoms with Crippen LogP contribution in [0.3, 0.4) is 0 Å². The van der Waals surface area contributed by atoms with Crippen molar-refractivity contribution in [2.75, 3.05) is 6.61 Å². The third-order valence-corrected chi connectivity index (χ3v) is 3.92. The summed E-state index contributed by atoms with van der Waals surface area (Å²) < 4.78 is 184. The summed E-state index contributed by atoms with van der Waals surface area (Å²) in [5, 5.41) is 10.5. The molecule has 0 unspecified atom stereocenters. The van der Waals surface area contributed by atoms with E-state index in [0.717, 1.165) is 0 Å². The Morgan fingerprint density at radius 1 is 0.600 bits per heavy atom. The molecule has 0 bridgehead atoms. The second-order valence-corrected chi connectivity index (χ2v) is 5.93. The molecule has 173 valence electrons. The maximum absolute atomic E-state index is 14.0. The monoisotopic (exact) mass is 471 g/mol. The van der Waals surface area contributed by atoms with E-state index in [1.54, 1.807) is 0 Å². The molecule has 15 heteroatoms. The number of halogens is 14. The van der Waals surface area contributed by atoms with E-state index in [2.05, 4.69) is 0 Å². The van der Waals surface area contributed by atoms with Crippen LogP contribution in [0.25, 0.3) is 0 Å². The van der Waals surface area contributed by atoms with Crippen molar-refractivity contribution < 1.29 is 66.6 Å². The fraction of sp³-hybridized carbons (Fsp3) is 0.600. The molecular weight excluding hydrogens is 462 g/mol. The smallest absolute Gasteiger partial charge is 0.237 e. The number of rotatable bonds is 7. The molecule has 1 radical (unpaired) electrons. The van der Waals surface area contributed by atoms with Crippen LogP contribution in [0.4, 0.5) is 61.5 Å². The lowest BCUT2D eigenvalue weighted by molar-refractivity contribution is -0.361. The lowest BCUT2D eigenvalue weighted by atomic mass is 9.86. The number of alkyl halides is 14. The van der Waals surface area contributed by atoms with Gasteiger partial charge in [-0.15, -0.1) is 0 Å². The Labute approximate surface area is 158 Å². The molecule has 0 saturated heterocycles. The number of hydrogen-bond acceptors (Lipinski definition) is 0. The fourth-order valence-electron chi connectivity index (χ4n) is 2.39. The molecule has 0 atom stereocenters. The third kappa shape index (κ3) is 4.04. The minimum atomic E-state index is -6.94. The molecular formula is C15H9F14O. The van der Waals surface area contributed by atoms with Crippen molar-refractivity contribution in [3.8, 4) is 0 Å². The topological polar surface area (TPSA) is 19.9 Å². The van der Waals surface area contributed by atoms with Crippen molar-refractivity contribution in [3.63, 3.8) is 0 Å². The second kappa shape index (κ2) is 7.71. The summed E-state index contributed by atoms with van der Waals surface area (Å²) >= 11 is 0.